The molecule has 1 aliphatic heterocycles. The van der Waals surface area contributed by atoms with E-state index < -0.39 is 6.09 Å². The Morgan fingerprint density at radius 3 is 2.83 bits per heavy atom. The number of hydrogen-bond donors (Lipinski definition) is 1. The number of alkyl carbamates (subject to hydrolysis) is 1. The van der Waals surface area contributed by atoms with E-state index in [4.69, 9.17) is 9.47 Å². The second-order valence-corrected chi connectivity index (χ2v) is 5.61. The van der Waals surface area contributed by atoms with Crippen LogP contribution in [-0.2, 0) is 20.7 Å². The Hall–Kier alpha value is -2.08. The van der Waals surface area contributed by atoms with Gasteiger partial charge in [-0.25, -0.2) is 4.79 Å². The van der Waals surface area contributed by atoms with Crippen LogP contribution in [0.4, 0.5) is 4.79 Å². The quantitative estimate of drug-likeness (QED) is 0.770. The Kier molecular flexibility index (Phi) is 6.87. The minimum atomic E-state index is -0.398. The van der Waals surface area contributed by atoms with E-state index in [0.717, 1.165) is 18.5 Å². The highest BCUT2D eigenvalue weighted by molar-refractivity contribution is 5.72. The summed E-state index contributed by atoms with van der Waals surface area (Å²) < 4.78 is 9.90. The van der Waals surface area contributed by atoms with Crippen molar-refractivity contribution in [1.82, 2.24) is 10.2 Å². The zero-order valence-electron chi connectivity index (χ0n) is 13.5. The number of carbonyl (C=O) groups excluding carboxylic acids is 2. The van der Waals surface area contributed by atoms with Crippen molar-refractivity contribution in [2.24, 2.45) is 5.92 Å². The number of rotatable bonds is 7. The Morgan fingerprint density at radius 2 is 2.09 bits per heavy atom. The predicted molar refractivity (Wildman–Crippen MR) is 86.1 cm³/mol. The van der Waals surface area contributed by atoms with Gasteiger partial charge in [-0.05, 0) is 18.5 Å². The van der Waals surface area contributed by atoms with Gasteiger partial charge in [0.25, 0.3) is 0 Å². The fourth-order valence-corrected chi connectivity index (χ4v) is 2.67. The van der Waals surface area contributed by atoms with Crippen molar-refractivity contribution in [3.63, 3.8) is 0 Å². The van der Waals surface area contributed by atoms with Gasteiger partial charge < -0.3 is 19.7 Å². The van der Waals surface area contributed by atoms with Crippen LogP contribution in [0.1, 0.15) is 12.0 Å². The highest BCUT2D eigenvalue weighted by Crippen LogP contribution is 2.16. The van der Waals surface area contributed by atoms with Crippen LogP contribution in [0.5, 0.6) is 0 Å². The SMILES string of the molecule is COC(=O)[C@@H]1CCN(CCNC(=O)OCCc2ccccc2)C1. The van der Waals surface area contributed by atoms with Gasteiger partial charge in [-0.1, -0.05) is 30.3 Å². The highest BCUT2D eigenvalue weighted by Gasteiger charge is 2.28. The van der Waals surface area contributed by atoms with E-state index in [1.54, 1.807) is 0 Å². The summed E-state index contributed by atoms with van der Waals surface area (Å²) in [6.45, 7) is 3.13. The number of carbonyl (C=O) groups is 2. The van der Waals surface area contributed by atoms with Gasteiger partial charge in [0, 0.05) is 26.1 Å². The normalized spacial score (nSPS) is 17.7. The van der Waals surface area contributed by atoms with E-state index in [2.05, 4.69) is 10.2 Å². The van der Waals surface area contributed by atoms with Crippen LogP contribution in [0.3, 0.4) is 0 Å². The fraction of sp³-hybridized carbons (Fsp3) is 0.529. The fourth-order valence-electron chi connectivity index (χ4n) is 2.67. The third-order valence-electron chi connectivity index (χ3n) is 3.97. The summed E-state index contributed by atoms with van der Waals surface area (Å²) in [5.41, 5.74) is 1.14. The van der Waals surface area contributed by atoms with Crippen molar-refractivity contribution < 1.29 is 19.1 Å². The smallest absolute Gasteiger partial charge is 0.407 e. The summed E-state index contributed by atoms with van der Waals surface area (Å²) in [6, 6.07) is 9.90. The third kappa shape index (κ3) is 5.90. The van der Waals surface area contributed by atoms with Crippen LogP contribution in [0, 0.1) is 5.92 Å². The minimum Gasteiger partial charge on any atom is -0.469 e. The van der Waals surface area contributed by atoms with E-state index in [1.165, 1.54) is 7.11 Å². The zero-order valence-corrected chi connectivity index (χ0v) is 13.5. The lowest BCUT2D eigenvalue weighted by atomic mass is 10.1. The lowest BCUT2D eigenvalue weighted by Crippen LogP contribution is -2.35. The van der Waals surface area contributed by atoms with E-state index in [9.17, 15) is 9.59 Å². The lowest BCUT2D eigenvalue weighted by Gasteiger charge is -2.15. The first-order valence-electron chi connectivity index (χ1n) is 7.94. The minimum absolute atomic E-state index is 0.0437. The largest absolute Gasteiger partial charge is 0.469 e. The predicted octanol–water partition coefficient (Wildman–Crippen LogP) is 1.45. The van der Waals surface area contributed by atoms with Gasteiger partial charge in [0.15, 0.2) is 0 Å². The lowest BCUT2D eigenvalue weighted by molar-refractivity contribution is -0.144. The molecule has 2 rings (SSSR count). The molecule has 6 nitrogen and oxygen atoms in total. The van der Waals surface area contributed by atoms with Crippen LogP contribution in [0.15, 0.2) is 30.3 Å². The monoisotopic (exact) mass is 320 g/mol. The van der Waals surface area contributed by atoms with Gasteiger partial charge in [-0.2, -0.15) is 0 Å². The first-order valence-corrected chi connectivity index (χ1v) is 7.94. The number of nitrogens with one attached hydrogen (secondary N) is 1. The van der Waals surface area contributed by atoms with Crippen molar-refractivity contribution in [2.75, 3.05) is 39.9 Å². The summed E-state index contributed by atoms with van der Waals surface area (Å²) >= 11 is 0. The third-order valence-corrected chi connectivity index (χ3v) is 3.97. The number of amides is 1. The number of benzene rings is 1. The Bertz CT molecular complexity index is 507. The first-order chi connectivity index (χ1) is 11.2. The highest BCUT2D eigenvalue weighted by atomic mass is 16.5. The molecule has 1 N–H and O–H groups in total. The molecule has 0 radical (unpaired) electrons. The number of nitrogens with zero attached hydrogens (tertiary/aromatic N) is 1. The summed E-state index contributed by atoms with van der Waals surface area (Å²) in [6.07, 6.45) is 1.12. The van der Waals surface area contributed by atoms with Gasteiger partial charge in [0.1, 0.15) is 0 Å². The molecular weight excluding hydrogens is 296 g/mol. The van der Waals surface area contributed by atoms with Crippen molar-refractivity contribution >= 4 is 12.1 Å². The van der Waals surface area contributed by atoms with Gasteiger partial charge in [0.2, 0.25) is 0 Å². The van der Waals surface area contributed by atoms with Gasteiger partial charge in [0.05, 0.1) is 19.6 Å². The topological polar surface area (TPSA) is 67.9 Å². The van der Waals surface area contributed by atoms with E-state index >= 15 is 0 Å². The number of likely N-dealkylation sites (tertiary alicyclic amines) is 1. The molecule has 1 aromatic carbocycles. The van der Waals surface area contributed by atoms with Gasteiger partial charge in [-0.3, -0.25) is 4.79 Å². The number of methoxy groups -OCH3 is 1. The van der Waals surface area contributed by atoms with Gasteiger partial charge in [-0.15, -0.1) is 0 Å². The maximum absolute atomic E-state index is 11.6. The van der Waals surface area contributed by atoms with Crippen molar-refractivity contribution in [3.8, 4) is 0 Å². The Labute approximate surface area is 136 Å². The van der Waals surface area contributed by atoms with Crippen LogP contribution < -0.4 is 5.32 Å². The molecule has 1 atom stereocenters. The molecule has 23 heavy (non-hydrogen) atoms. The molecule has 1 aliphatic rings. The second-order valence-electron chi connectivity index (χ2n) is 5.61. The first kappa shape index (κ1) is 17.3. The summed E-state index contributed by atoms with van der Waals surface area (Å²) in [7, 11) is 1.41. The molecule has 1 amide bonds. The van der Waals surface area contributed by atoms with E-state index in [0.29, 0.717) is 32.7 Å². The molecule has 0 aliphatic carbocycles. The molecule has 0 bridgehead atoms. The molecule has 1 aromatic rings. The molecule has 1 fully saturated rings. The number of ether oxygens (including phenoxy) is 2. The van der Waals surface area contributed by atoms with Crippen molar-refractivity contribution in [2.45, 2.75) is 12.8 Å². The Morgan fingerprint density at radius 1 is 1.30 bits per heavy atom. The molecule has 0 unspecified atom stereocenters. The number of hydrogen-bond acceptors (Lipinski definition) is 5. The van der Waals surface area contributed by atoms with E-state index in [1.807, 2.05) is 30.3 Å². The maximum Gasteiger partial charge on any atom is 0.407 e. The van der Waals surface area contributed by atoms with Crippen LogP contribution in [0.2, 0.25) is 0 Å². The molecular formula is C17H24N2O4. The molecule has 1 saturated heterocycles. The molecule has 0 saturated carbocycles. The molecule has 0 aromatic heterocycles. The Balaban J connectivity index is 1.54. The van der Waals surface area contributed by atoms with Crippen molar-refractivity contribution in [3.05, 3.63) is 35.9 Å². The maximum atomic E-state index is 11.6. The molecule has 6 heteroatoms. The summed E-state index contributed by atoms with van der Waals surface area (Å²) in [5.74, 6) is -0.196. The standard InChI is InChI=1S/C17H24N2O4/c1-22-16(20)15-7-10-19(13-15)11-9-18-17(21)23-12-8-14-5-3-2-4-6-14/h2-6,15H,7-13H2,1H3,(H,18,21)/t15-/m1/s1. The molecule has 0 spiro atoms. The number of esters is 1. The molecule has 1 heterocycles. The van der Waals surface area contributed by atoms with Crippen LogP contribution in [-0.4, -0.2) is 56.9 Å². The molecule has 126 valence electrons. The van der Waals surface area contributed by atoms with Crippen molar-refractivity contribution in [1.29, 1.82) is 0 Å². The zero-order chi connectivity index (χ0) is 16.5. The van der Waals surface area contributed by atoms with Gasteiger partial charge >= 0.3 is 12.1 Å². The average molecular weight is 320 g/mol. The second kappa shape index (κ2) is 9.15. The van der Waals surface area contributed by atoms with E-state index in [-0.39, 0.29) is 11.9 Å². The van der Waals surface area contributed by atoms with Crippen LogP contribution >= 0.6 is 0 Å². The summed E-state index contributed by atoms with van der Waals surface area (Å²) in [5, 5.41) is 2.73. The summed E-state index contributed by atoms with van der Waals surface area (Å²) in [4.78, 5) is 25.2. The van der Waals surface area contributed by atoms with Crippen LogP contribution in [0.25, 0.3) is 0 Å². The average Bonchev–Trinajstić information content (AvgIpc) is 3.04.